The molecule has 0 aliphatic carbocycles. The van der Waals surface area contributed by atoms with Gasteiger partial charge in [0.1, 0.15) is 0 Å². The molecule has 0 aliphatic rings. The van der Waals surface area contributed by atoms with Crippen LogP contribution in [0.25, 0.3) is 0 Å². The van der Waals surface area contributed by atoms with Gasteiger partial charge in [0.25, 0.3) is 5.91 Å². The Bertz CT molecular complexity index is 324. The lowest BCUT2D eigenvalue weighted by atomic mass is 10.1. The number of nitrogens with one attached hydrogen (secondary N) is 1. The Morgan fingerprint density at radius 1 is 1.73 bits per heavy atom. The van der Waals surface area contributed by atoms with Crippen LogP contribution in [0, 0.1) is 5.92 Å². The first-order valence-corrected chi connectivity index (χ1v) is 5.56. The minimum absolute atomic E-state index is 0.145. The Hall–Kier alpha value is -0.810. The van der Waals surface area contributed by atoms with Crippen molar-refractivity contribution in [1.82, 2.24) is 5.32 Å². The fourth-order valence-electron chi connectivity index (χ4n) is 1.14. The number of hydrogen-bond donors (Lipinski definition) is 2. The highest BCUT2D eigenvalue weighted by Crippen LogP contribution is 2.17. The summed E-state index contributed by atoms with van der Waals surface area (Å²) < 4.78 is 5.40. The van der Waals surface area contributed by atoms with Crippen LogP contribution in [0.3, 0.4) is 0 Å². The molecule has 0 radical (unpaired) electrons. The minimum Gasteiger partial charge on any atom is -0.457 e. The first kappa shape index (κ1) is 12.3. The third-order valence-electron chi connectivity index (χ3n) is 2.10. The van der Waals surface area contributed by atoms with Crippen LogP contribution < -0.4 is 5.32 Å². The van der Waals surface area contributed by atoms with Gasteiger partial charge in [-0.25, -0.2) is 0 Å². The first-order valence-electron chi connectivity index (χ1n) is 4.77. The van der Waals surface area contributed by atoms with E-state index in [4.69, 9.17) is 9.52 Å². The summed E-state index contributed by atoms with van der Waals surface area (Å²) in [7, 11) is 0. The summed E-state index contributed by atoms with van der Waals surface area (Å²) in [5.41, 5.74) is 0.492. The molecule has 2 N–H and O–H groups in total. The average molecular weight is 276 g/mol. The molecule has 1 aromatic heterocycles. The van der Waals surface area contributed by atoms with Crippen molar-refractivity contribution in [1.29, 1.82) is 0 Å². The van der Waals surface area contributed by atoms with Crippen molar-refractivity contribution in [2.24, 2.45) is 5.92 Å². The van der Waals surface area contributed by atoms with Crippen molar-refractivity contribution >= 4 is 21.8 Å². The SMILES string of the molecule is CC(CCO)CNC(=O)c1ccoc1Br. The van der Waals surface area contributed by atoms with Crippen LogP contribution in [0.4, 0.5) is 0 Å². The molecule has 0 bridgehead atoms. The van der Waals surface area contributed by atoms with Gasteiger partial charge < -0.3 is 14.8 Å². The summed E-state index contributed by atoms with van der Waals surface area (Å²) in [6.45, 7) is 2.67. The number of amides is 1. The number of hydrogen-bond acceptors (Lipinski definition) is 3. The summed E-state index contributed by atoms with van der Waals surface area (Å²) in [5, 5.41) is 11.5. The van der Waals surface area contributed by atoms with Crippen molar-refractivity contribution in [3.63, 3.8) is 0 Å². The van der Waals surface area contributed by atoms with E-state index in [9.17, 15) is 4.79 Å². The fraction of sp³-hybridized carbons (Fsp3) is 0.500. The zero-order valence-corrected chi connectivity index (χ0v) is 10.1. The van der Waals surface area contributed by atoms with Gasteiger partial charge in [0.2, 0.25) is 0 Å². The van der Waals surface area contributed by atoms with Crippen molar-refractivity contribution in [2.45, 2.75) is 13.3 Å². The molecule has 1 rings (SSSR count). The highest BCUT2D eigenvalue weighted by atomic mass is 79.9. The van der Waals surface area contributed by atoms with Gasteiger partial charge in [-0.15, -0.1) is 0 Å². The summed E-state index contributed by atoms with van der Waals surface area (Å²) in [6.07, 6.45) is 2.14. The van der Waals surface area contributed by atoms with Crippen LogP contribution in [0.5, 0.6) is 0 Å². The number of carbonyl (C=O) groups excluding carboxylic acids is 1. The highest BCUT2D eigenvalue weighted by molar-refractivity contribution is 9.10. The Labute approximate surface area is 96.8 Å². The highest BCUT2D eigenvalue weighted by Gasteiger charge is 2.12. The first-order chi connectivity index (χ1) is 7.15. The summed E-state index contributed by atoms with van der Waals surface area (Å²) in [5.74, 6) is 0.102. The zero-order valence-electron chi connectivity index (χ0n) is 8.50. The Balaban J connectivity index is 2.40. The van der Waals surface area contributed by atoms with E-state index in [0.29, 0.717) is 23.2 Å². The van der Waals surface area contributed by atoms with E-state index in [2.05, 4.69) is 21.2 Å². The molecular weight excluding hydrogens is 262 g/mol. The molecule has 0 saturated carbocycles. The lowest BCUT2D eigenvalue weighted by molar-refractivity contribution is 0.0943. The summed E-state index contributed by atoms with van der Waals surface area (Å²) >= 11 is 3.14. The topological polar surface area (TPSA) is 62.5 Å². The van der Waals surface area contributed by atoms with Crippen LogP contribution in [-0.2, 0) is 0 Å². The molecule has 0 aliphatic heterocycles. The smallest absolute Gasteiger partial charge is 0.255 e. The van der Waals surface area contributed by atoms with E-state index >= 15 is 0 Å². The predicted molar refractivity (Wildman–Crippen MR) is 59.6 cm³/mol. The predicted octanol–water partition coefficient (Wildman–Crippen LogP) is 1.79. The lowest BCUT2D eigenvalue weighted by Crippen LogP contribution is -2.28. The number of rotatable bonds is 5. The van der Waals surface area contributed by atoms with E-state index in [1.807, 2.05) is 6.92 Å². The molecule has 84 valence electrons. The summed E-state index contributed by atoms with van der Waals surface area (Å²) in [6, 6.07) is 1.61. The summed E-state index contributed by atoms with van der Waals surface area (Å²) in [4.78, 5) is 11.6. The quantitative estimate of drug-likeness (QED) is 0.861. The second-order valence-electron chi connectivity index (χ2n) is 3.44. The maximum Gasteiger partial charge on any atom is 0.255 e. The molecule has 1 atom stereocenters. The molecular formula is C10H14BrNO3. The van der Waals surface area contributed by atoms with Crippen molar-refractivity contribution in [2.75, 3.05) is 13.2 Å². The van der Waals surface area contributed by atoms with Crippen LogP contribution in [0.2, 0.25) is 0 Å². The fourth-order valence-corrected chi connectivity index (χ4v) is 1.56. The molecule has 0 fully saturated rings. The van der Waals surface area contributed by atoms with Crippen LogP contribution in [0.15, 0.2) is 21.4 Å². The normalized spacial score (nSPS) is 12.5. The van der Waals surface area contributed by atoms with Gasteiger partial charge in [0.05, 0.1) is 11.8 Å². The van der Waals surface area contributed by atoms with Gasteiger partial charge in [-0.3, -0.25) is 4.79 Å². The van der Waals surface area contributed by atoms with Gasteiger partial charge in [-0.05, 0) is 34.3 Å². The average Bonchev–Trinajstić information content (AvgIpc) is 2.61. The third kappa shape index (κ3) is 3.68. The number of aliphatic hydroxyl groups excluding tert-OH is 1. The van der Waals surface area contributed by atoms with Crippen LogP contribution >= 0.6 is 15.9 Å². The standard InChI is InChI=1S/C10H14BrNO3/c1-7(2-4-13)6-12-10(14)8-3-5-15-9(8)11/h3,5,7,13H,2,4,6H2,1H3,(H,12,14). The van der Waals surface area contributed by atoms with Crippen LogP contribution in [0.1, 0.15) is 23.7 Å². The molecule has 5 heteroatoms. The largest absolute Gasteiger partial charge is 0.457 e. The Morgan fingerprint density at radius 2 is 2.47 bits per heavy atom. The molecule has 1 heterocycles. The molecule has 1 unspecified atom stereocenters. The van der Waals surface area contributed by atoms with Crippen LogP contribution in [-0.4, -0.2) is 24.2 Å². The Morgan fingerprint density at radius 3 is 3.00 bits per heavy atom. The van der Waals surface area contributed by atoms with E-state index < -0.39 is 0 Å². The lowest BCUT2D eigenvalue weighted by Gasteiger charge is -2.10. The van der Waals surface area contributed by atoms with Gasteiger partial charge in [0, 0.05) is 13.2 Å². The van der Waals surface area contributed by atoms with Gasteiger partial charge >= 0.3 is 0 Å². The molecule has 0 aromatic carbocycles. The minimum atomic E-state index is -0.166. The number of furan rings is 1. The maximum absolute atomic E-state index is 11.6. The van der Waals surface area contributed by atoms with Crippen molar-refractivity contribution < 1.29 is 14.3 Å². The van der Waals surface area contributed by atoms with Gasteiger partial charge in [0.15, 0.2) is 4.67 Å². The number of carbonyl (C=O) groups is 1. The van der Waals surface area contributed by atoms with Crippen molar-refractivity contribution in [3.8, 4) is 0 Å². The monoisotopic (exact) mass is 275 g/mol. The van der Waals surface area contributed by atoms with E-state index in [-0.39, 0.29) is 18.4 Å². The van der Waals surface area contributed by atoms with E-state index in [0.717, 1.165) is 0 Å². The van der Waals surface area contributed by atoms with E-state index in [1.54, 1.807) is 6.07 Å². The molecule has 4 nitrogen and oxygen atoms in total. The van der Waals surface area contributed by atoms with Gasteiger partial charge in [-0.2, -0.15) is 0 Å². The Kier molecular flexibility index (Phi) is 4.84. The second-order valence-corrected chi connectivity index (χ2v) is 4.16. The number of aliphatic hydroxyl groups is 1. The zero-order chi connectivity index (χ0) is 11.3. The number of halogens is 1. The molecule has 1 amide bonds. The second kappa shape index (κ2) is 5.92. The van der Waals surface area contributed by atoms with Crippen molar-refractivity contribution in [3.05, 3.63) is 22.6 Å². The maximum atomic E-state index is 11.6. The molecule has 1 aromatic rings. The molecule has 0 spiro atoms. The third-order valence-corrected chi connectivity index (χ3v) is 2.71. The van der Waals surface area contributed by atoms with E-state index in [1.165, 1.54) is 6.26 Å². The molecule has 15 heavy (non-hydrogen) atoms. The molecule has 0 saturated heterocycles. The van der Waals surface area contributed by atoms with Gasteiger partial charge in [-0.1, -0.05) is 6.92 Å².